The number of amides is 1. The van der Waals surface area contributed by atoms with Crippen molar-refractivity contribution >= 4 is 40.1 Å². The molecule has 11 nitrogen and oxygen atoms in total. The molecule has 1 fully saturated rings. The fourth-order valence-corrected chi connectivity index (χ4v) is 5.37. The van der Waals surface area contributed by atoms with Gasteiger partial charge >= 0.3 is 0 Å². The second kappa shape index (κ2) is 10.3. The Labute approximate surface area is 226 Å². The first-order chi connectivity index (χ1) is 19.0. The van der Waals surface area contributed by atoms with E-state index in [1.54, 1.807) is 13.3 Å². The van der Waals surface area contributed by atoms with Crippen molar-refractivity contribution in [3.05, 3.63) is 66.4 Å². The van der Waals surface area contributed by atoms with Gasteiger partial charge in [0, 0.05) is 43.6 Å². The maximum absolute atomic E-state index is 11.9. The minimum Gasteiger partial charge on any atom is -0.494 e. The number of rotatable bonds is 7. The molecule has 6 rings (SSSR count). The summed E-state index contributed by atoms with van der Waals surface area (Å²) in [6.07, 6.45) is 4.58. The third-order valence-electron chi connectivity index (χ3n) is 7.49. The van der Waals surface area contributed by atoms with E-state index in [4.69, 9.17) is 9.72 Å². The van der Waals surface area contributed by atoms with Gasteiger partial charge in [-0.2, -0.15) is 4.98 Å². The largest absolute Gasteiger partial charge is 0.494 e. The number of ether oxygens (including phenoxy) is 1. The molecular weight excluding hydrogens is 494 g/mol. The van der Waals surface area contributed by atoms with Gasteiger partial charge in [0.2, 0.25) is 11.9 Å². The Morgan fingerprint density at radius 1 is 1.15 bits per heavy atom. The Hall–Kier alpha value is -4.51. The van der Waals surface area contributed by atoms with Gasteiger partial charge in [-0.25, -0.2) is 9.67 Å². The number of carbonyl (C=O) groups is 1. The van der Waals surface area contributed by atoms with E-state index in [9.17, 15) is 4.79 Å². The number of hydrogen-bond donors (Lipinski definition) is 2. The SMILES string of the molecule is C=CC(=O)Nc1cccc2c1CC[C@@H]2n1nnc2cnc(Nc3ccc(N4CCN(C)CC4)cc3OC)nc21. The van der Waals surface area contributed by atoms with Crippen molar-refractivity contribution in [3.63, 3.8) is 0 Å². The molecule has 0 unspecified atom stereocenters. The summed E-state index contributed by atoms with van der Waals surface area (Å²) in [6.45, 7) is 7.59. The summed E-state index contributed by atoms with van der Waals surface area (Å²) in [5.74, 6) is 0.927. The first-order valence-electron chi connectivity index (χ1n) is 13.1. The molecule has 200 valence electrons. The predicted molar refractivity (Wildman–Crippen MR) is 151 cm³/mol. The first-order valence-corrected chi connectivity index (χ1v) is 13.1. The number of aromatic nitrogens is 5. The Bertz CT molecular complexity index is 1540. The van der Waals surface area contributed by atoms with Crippen LogP contribution in [-0.4, -0.2) is 76.1 Å². The molecular formula is C28H31N9O2. The molecule has 2 N–H and O–H groups in total. The summed E-state index contributed by atoms with van der Waals surface area (Å²) in [4.78, 5) is 25.9. The lowest BCUT2D eigenvalue weighted by Gasteiger charge is -2.34. The number of fused-ring (bicyclic) bond motifs is 2. The smallest absolute Gasteiger partial charge is 0.247 e. The predicted octanol–water partition coefficient (Wildman–Crippen LogP) is 3.39. The molecule has 1 amide bonds. The molecule has 1 atom stereocenters. The Morgan fingerprint density at radius 3 is 2.79 bits per heavy atom. The molecule has 0 bridgehead atoms. The van der Waals surface area contributed by atoms with Crippen molar-refractivity contribution in [1.82, 2.24) is 29.9 Å². The van der Waals surface area contributed by atoms with Gasteiger partial charge < -0.3 is 25.2 Å². The standard InChI is InChI=1S/C28H31N9O2/c1-4-26(38)30-21-7-5-6-20-19(21)9-11-24(20)37-27-23(33-34-37)17-29-28(32-27)31-22-10-8-18(16-25(22)39-3)36-14-12-35(2)13-15-36/h4-8,10,16-17,24H,1,9,11-15H2,2-3H3,(H,30,38)(H,29,31,32)/t24-/m0/s1. The van der Waals surface area contributed by atoms with Gasteiger partial charge in [-0.05, 0) is 55.3 Å². The highest BCUT2D eigenvalue weighted by atomic mass is 16.5. The number of hydrogen-bond acceptors (Lipinski definition) is 9. The minimum absolute atomic E-state index is 0.0502. The quantitative estimate of drug-likeness (QED) is 0.351. The number of nitrogens with zero attached hydrogens (tertiary/aromatic N) is 7. The molecule has 1 aliphatic carbocycles. The van der Waals surface area contributed by atoms with Crippen LogP contribution < -0.4 is 20.3 Å². The van der Waals surface area contributed by atoms with Crippen LogP contribution in [0.5, 0.6) is 5.75 Å². The number of piperazine rings is 1. The van der Waals surface area contributed by atoms with Crippen LogP contribution in [0.4, 0.5) is 23.0 Å². The maximum atomic E-state index is 11.9. The average Bonchev–Trinajstić information content (AvgIpc) is 3.58. The maximum Gasteiger partial charge on any atom is 0.247 e. The minimum atomic E-state index is -0.228. The Balaban J connectivity index is 1.27. The molecule has 39 heavy (non-hydrogen) atoms. The molecule has 0 radical (unpaired) electrons. The number of methoxy groups -OCH3 is 1. The van der Waals surface area contributed by atoms with Crippen LogP contribution in [0.25, 0.3) is 11.2 Å². The van der Waals surface area contributed by atoms with E-state index < -0.39 is 0 Å². The molecule has 2 aromatic heterocycles. The highest BCUT2D eigenvalue weighted by Gasteiger charge is 2.29. The molecule has 11 heteroatoms. The van der Waals surface area contributed by atoms with E-state index in [0.29, 0.717) is 17.1 Å². The molecule has 0 saturated carbocycles. The van der Waals surface area contributed by atoms with Crippen molar-refractivity contribution in [2.75, 3.05) is 55.9 Å². The molecule has 4 aromatic rings. The zero-order valence-electron chi connectivity index (χ0n) is 22.1. The first kappa shape index (κ1) is 24.8. The number of nitrogens with one attached hydrogen (secondary N) is 2. The van der Waals surface area contributed by atoms with Gasteiger partial charge in [-0.15, -0.1) is 5.10 Å². The summed E-state index contributed by atoms with van der Waals surface area (Å²) in [5.41, 5.74) is 6.15. The van der Waals surface area contributed by atoms with Crippen molar-refractivity contribution in [2.45, 2.75) is 18.9 Å². The lowest BCUT2D eigenvalue weighted by atomic mass is 10.1. The Kier molecular flexibility index (Phi) is 6.57. The summed E-state index contributed by atoms with van der Waals surface area (Å²) in [7, 11) is 3.82. The second-order valence-corrected chi connectivity index (χ2v) is 9.86. The lowest BCUT2D eigenvalue weighted by Crippen LogP contribution is -2.44. The number of likely N-dealkylation sites (N-methyl/N-ethyl adjacent to an activating group) is 1. The normalized spacial score (nSPS) is 17.2. The molecule has 1 aliphatic heterocycles. The van der Waals surface area contributed by atoms with Crippen molar-refractivity contribution < 1.29 is 9.53 Å². The van der Waals surface area contributed by atoms with Crippen molar-refractivity contribution in [2.24, 2.45) is 0 Å². The molecule has 1 saturated heterocycles. The Morgan fingerprint density at radius 2 is 2.00 bits per heavy atom. The van der Waals surface area contributed by atoms with Gasteiger partial charge in [0.05, 0.1) is 25.0 Å². The molecule has 3 heterocycles. The van der Waals surface area contributed by atoms with Crippen LogP contribution in [0.1, 0.15) is 23.6 Å². The summed E-state index contributed by atoms with van der Waals surface area (Å²) < 4.78 is 7.56. The number of carbonyl (C=O) groups excluding carboxylic acids is 1. The average molecular weight is 526 g/mol. The van der Waals surface area contributed by atoms with Crippen LogP contribution >= 0.6 is 0 Å². The third-order valence-corrected chi connectivity index (χ3v) is 7.49. The fourth-order valence-electron chi connectivity index (χ4n) is 5.37. The highest BCUT2D eigenvalue weighted by molar-refractivity contribution is 5.99. The van der Waals surface area contributed by atoms with Gasteiger partial charge in [0.15, 0.2) is 11.2 Å². The highest BCUT2D eigenvalue weighted by Crippen LogP contribution is 2.39. The topological polar surface area (TPSA) is 113 Å². The van der Waals surface area contributed by atoms with Crippen LogP contribution in [0.15, 0.2) is 55.3 Å². The van der Waals surface area contributed by atoms with Gasteiger partial charge in [0.25, 0.3) is 0 Å². The van der Waals surface area contributed by atoms with E-state index in [1.807, 2.05) is 22.9 Å². The van der Waals surface area contributed by atoms with Crippen molar-refractivity contribution in [1.29, 1.82) is 0 Å². The number of anilines is 4. The number of benzene rings is 2. The fraction of sp³-hybridized carbons (Fsp3) is 0.321. The lowest BCUT2D eigenvalue weighted by molar-refractivity contribution is -0.111. The second-order valence-electron chi connectivity index (χ2n) is 9.86. The summed E-state index contributed by atoms with van der Waals surface area (Å²) in [5, 5.41) is 15.0. The molecule has 2 aromatic carbocycles. The van der Waals surface area contributed by atoms with E-state index in [-0.39, 0.29) is 11.9 Å². The van der Waals surface area contributed by atoms with Crippen LogP contribution in [0.3, 0.4) is 0 Å². The zero-order valence-corrected chi connectivity index (χ0v) is 22.1. The van der Waals surface area contributed by atoms with Gasteiger partial charge in [-0.1, -0.05) is 23.9 Å². The van der Waals surface area contributed by atoms with E-state index in [2.05, 4.69) is 67.6 Å². The molecule has 2 aliphatic rings. The van der Waals surface area contributed by atoms with Gasteiger partial charge in [-0.3, -0.25) is 4.79 Å². The van der Waals surface area contributed by atoms with E-state index in [0.717, 1.165) is 73.0 Å². The summed E-state index contributed by atoms with van der Waals surface area (Å²) >= 11 is 0. The van der Waals surface area contributed by atoms with Gasteiger partial charge in [0.1, 0.15) is 5.75 Å². The van der Waals surface area contributed by atoms with E-state index >= 15 is 0 Å². The van der Waals surface area contributed by atoms with Crippen LogP contribution in [-0.2, 0) is 11.2 Å². The van der Waals surface area contributed by atoms with Crippen LogP contribution in [0, 0.1) is 0 Å². The zero-order chi connectivity index (χ0) is 26.9. The third kappa shape index (κ3) is 4.76. The molecule has 0 spiro atoms. The van der Waals surface area contributed by atoms with Crippen molar-refractivity contribution in [3.8, 4) is 5.75 Å². The monoisotopic (exact) mass is 525 g/mol. The van der Waals surface area contributed by atoms with E-state index in [1.165, 1.54) is 6.08 Å². The van der Waals surface area contributed by atoms with Crippen LogP contribution in [0.2, 0.25) is 0 Å². The summed E-state index contributed by atoms with van der Waals surface area (Å²) in [6, 6.07) is 12.0.